The van der Waals surface area contributed by atoms with E-state index in [0.29, 0.717) is 30.3 Å². The fourth-order valence-electron chi connectivity index (χ4n) is 2.26. The molecule has 5 heteroatoms. The molecular weight excluding hydrogens is 252 g/mol. The average molecular weight is 272 g/mol. The van der Waals surface area contributed by atoms with Gasteiger partial charge in [0.15, 0.2) is 0 Å². The van der Waals surface area contributed by atoms with Gasteiger partial charge in [-0.15, -0.1) is 0 Å². The maximum atomic E-state index is 11.9. The van der Waals surface area contributed by atoms with E-state index in [4.69, 9.17) is 11.0 Å². The largest absolute Gasteiger partial charge is 0.397 e. The van der Waals surface area contributed by atoms with E-state index in [-0.39, 0.29) is 5.91 Å². The van der Waals surface area contributed by atoms with Crippen LogP contribution in [0.2, 0.25) is 0 Å². The molecule has 1 aliphatic rings. The minimum Gasteiger partial charge on any atom is -0.397 e. The first-order valence-electron chi connectivity index (χ1n) is 6.79. The van der Waals surface area contributed by atoms with Gasteiger partial charge in [0.1, 0.15) is 0 Å². The SMILES string of the molecule is CN(C)C(=O)c1ccc(N(CCC#N)C2CC2)c(N)c1. The number of benzene rings is 1. The number of nitrogens with two attached hydrogens (primary N) is 1. The highest BCUT2D eigenvalue weighted by atomic mass is 16.2. The fourth-order valence-corrected chi connectivity index (χ4v) is 2.26. The van der Waals surface area contributed by atoms with Crippen molar-refractivity contribution in [2.24, 2.45) is 0 Å². The van der Waals surface area contributed by atoms with Crippen molar-refractivity contribution in [3.8, 4) is 6.07 Å². The zero-order chi connectivity index (χ0) is 14.7. The third-order valence-electron chi connectivity index (χ3n) is 3.44. The van der Waals surface area contributed by atoms with Crippen molar-refractivity contribution in [2.45, 2.75) is 25.3 Å². The number of amides is 1. The number of anilines is 2. The van der Waals surface area contributed by atoms with Crippen LogP contribution in [0.15, 0.2) is 18.2 Å². The van der Waals surface area contributed by atoms with E-state index in [1.54, 1.807) is 26.2 Å². The number of rotatable bonds is 5. The van der Waals surface area contributed by atoms with Crippen LogP contribution in [0.25, 0.3) is 0 Å². The monoisotopic (exact) mass is 272 g/mol. The van der Waals surface area contributed by atoms with Crippen LogP contribution in [-0.4, -0.2) is 37.5 Å². The Bertz CT molecular complexity index is 543. The summed E-state index contributed by atoms with van der Waals surface area (Å²) in [5.74, 6) is -0.0572. The van der Waals surface area contributed by atoms with Gasteiger partial charge in [0.2, 0.25) is 0 Å². The van der Waals surface area contributed by atoms with Crippen LogP contribution in [0.1, 0.15) is 29.6 Å². The number of nitrogen functional groups attached to an aromatic ring is 1. The Morgan fingerprint density at radius 2 is 2.15 bits per heavy atom. The predicted molar refractivity (Wildman–Crippen MR) is 79.5 cm³/mol. The number of nitriles is 1. The van der Waals surface area contributed by atoms with Gasteiger partial charge in [0.05, 0.1) is 23.9 Å². The average Bonchev–Trinajstić information content (AvgIpc) is 3.24. The van der Waals surface area contributed by atoms with Gasteiger partial charge in [-0.2, -0.15) is 5.26 Å². The number of nitrogens with zero attached hydrogens (tertiary/aromatic N) is 3. The first-order valence-corrected chi connectivity index (χ1v) is 6.79. The molecule has 1 aliphatic carbocycles. The Morgan fingerprint density at radius 3 is 2.65 bits per heavy atom. The van der Waals surface area contributed by atoms with Crippen LogP contribution in [0.3, 0.4) is 0 Å². The third kappa shape index (κ3) is 3.02. The first kappa shape index (κ1) is 14.2. The molecule has 0 unspecified atom stereocenters. The number of hydrogen-bond acceptors (Lipinski definition) is 4. The van der Waals surface area contributed by atoms with E-state index in [0.717, 1.165) is 18.5 Å². The smallest absolute Gasteiger partial charge is 0.253 e. The molecule has 1 amide bonds. The summed E-state index contributed by atoms with van der Waals surface area (Å²) in [7, 11) is 3.44. The van der Waals surface area contributed by atoms with Gasteiger partial charge < -0.3 is 15.5 Å². The maximum absolute atomic E-state index is 11.9. The molecule has 0 bridgehead atoms. The normalized spacial score (nSPS) is 13.7. The molecule has 1 aromatic rings. The molecule has 2 N–H and O–H groups in total. The molecule has 0 saturated heterocycles. The summed E-state index contributed by atoms with van der Waals surface area (Å²) in [4.78, 5) is 15.6. The van der Waals surface area contributed by atoms with E-state index < -0.39 is 0 Å². The zero-order valence-corrected chi connectivity index (χ0v) is 12.0. The van der Waals surface area contributed by atoms with E-state index in [2.05, 4.69) is 11.0 Å². The predicted octanol–water partition coefficient (Wildman–Crippen LogP) is 1.85. The Labute approximate surface area is 119 Å². The molecule has 0 aliphatic heterocycles. The maximum Gasteiger partial charge on any atom is 0.253 e. The molecule has 1 saturated carbocycles. The van der Waals surface area contributed by atoms with E-state index >= 15 is 0 Å². The Kier molecular flexibility index (Phi) is 4.14. The van der Waals surface area contributed by atoms with Crippen molar-refractivity contribution >= 4 is 17.3 Å². The van der Waals surface area contributed by atoms with Gasteiger partial charge in [-0.25, -0.2) is 0 Å². The van der Waals surface area contributed by atoms with Crippen molar-refractivity contribution in [1.82, 2.24) is 4.90 Å². The molecule has 1 fully saturated rings. The van der Waals surface area contributed by atoms with E-state index in [1.165, 1.54) is 4.90 Å². The fraction of sp³-hybridized carbons (Fsp3) is 0.467. The summed E-state index contributed by atoms with van der Waals surface area (Å²) in [6.45, 7) is 0.687. The molecule has 0 radical (unpaired) electrons. The summed E-state index contributed by atoms with van der Waals surface area (Å²) in [5.41, 5.74) is 8.22. The highest BCUT2D eigenvalue weighted by Gasteiger charge is 2.30. The van der Waals surface area contributed by atoms with Crippen molar-refractivity contribution in [3.05, 3.63) is 23.8 Å². The van der Waals surface area contributed by atoms with Gasteiger partial charge in [-0.05, 0) is 31.0 Å². The third-order valence-corrected chi connectivity index (χ3v) is 3.44. The van der Waals surface area contributed by atoms with Crippen LogP contribution < -0.4 is 10.6 Å². The molecule has 1 aromatic carbocycles. The van der Waals surface area contributed by atoms with Gasteiger partial charge >= 0.3 is 0 Å². The summed E-state index contributed by atoms with van der Waals surface area (Å²) in [5, 5.41) is 8.75. The second-order valence-corrected chi connectivity index (χ2v) is 5.31. The van der Waals surface area contributed by atoms with Crippen molar-refractivity contribution in [2.75, 3.05) is 31.3 Å². The second-order valence-electron chi connectivity index (χ2n) is 5.31. The van der Waals surface area contributed by atoms with Crippen LogP contribution in [0.5, 0.6) is 0 Å². The lowest BCUT2D eigenvalue weighted by Crippen LogP contribution is -2.28. The molecule has 2 rings (SSSR count). The highest BCUT2D eigenvalue weighted by molar-refractivity contribution is 5.95. The lowest BCUT2D eigenvalue weighted by Gasteiger charge is -2.25. The lowest BCUT2D eigenvalue weighted by atomic mass is 10.1. The second kappa shape index (κ2) is 5.83. The molecule has 0 aromatic heterocycles. The minimum absolute atomic E-state index is 0.0572. The van der Waals surface area contributed by atoms with Crippen LogP contribution in [-0.2, 0) is 0 Å². The molecule has 0 spiro atoms. The Balaban J connectivity index is 2.23. The topological polar surface area (TPSA) is 73.4 Å². The van der Waals surface area contributed by atoms with Crippen LogP contribution in [0.4, 0.5) is 11.4 Å². The highest BCUT2D eigenvalue weighted by Crippen LogP contribution is 2.35. The molecule has 0 atom stereocenters. The van der Waals surface area contributed by atoms with Crippen LogP contribution >= 0.6 is 0 Å². The van der Waals surface area contributed by atoms with Crippen molar-refractivity contribution in [3.63, 3.8) is 0 Å². The molecular formula is C15H20N4O. The number of carbonyl (C=O) groups is 1. The number of carbonyl (C=O) groups excluding carboxylic acids is 1. The minimum atomic E-state index is -0.0572. The Morgan fingerprint density at radius 1 is 1.45 bits per heavy atom. The van der Waals surface area contributed by atoms with Gasteiger partial charge in [0.25, 0.3) is 5.91 Å². The molecule has 106 valence electrons. The summed E-state index contributed by atoms with van der Waals surface area (Å²) >= 11 is 0. The van der Waals surface area contributed by atoms with E-state index in [9.17, 15) is 4.79 Å². The van der Waals surface area contributed by atoms with Gasteiger partial charge in [-0.1, -0.05) is 0 Å². The molecule has 5 nitrogen and oxygen atoms in total. The van der Waals surface area contributed by atoms with E-state index in [1.807, 2.05) is 6.07 Å². The Hall–Kier alpha value is -2.22. The van der Waals surface area contributed by atoms with Gasteiger partial charge in [-0.3, -0.25) is 4.79 Å². The quantitative estimate of drug-likeness (QED) is 0.830. The lowest BCUT2D eigenvalue weighted by molar-refractivity contribution is 0.0827. The first-order chi connectivity index (χ1) is 9.54. The summed E-state index contributed by atoms with van der Waals surface area (Å²) in [6, 6.07) is 8.07. The summed E-state index contributed by atoms with van der Waals surface area (Å²) < 4.78 is 0. The zero-order valence-electron chi connectivity index (χ0n) is 12.0. The number of hydrogen-bond donors (Lipinski definition) is 1. The van der Waals surface area contributed by atoms with Crippen LogP contribution in [0, 0.1) is 11.3 Å². The standard InChI is InChI=1S/C15H20N4O/c1-18(2)15(20)11-4-7-14(13(17)10-11)19(9-3-8-16)12-5-6-12/h4,7,10,12H,3,5-6,9,17H2,1-2H3. The molecule has 20 heavy (non-hydrogen) atoms. The van der Waals surface area contributed by atoms with Gasteiger partial charge in [0, 0.05) is 32.2 Å². The van der Waals surface area contributed by atoms with Crippen molar-refractivity contribution in [1.29, 1.82) is 5.26 Å². The molecule has 0 heterocycles. The van der Waals surface area contributed by atoms with Crippen molar-refractivity contribution < 1.29 is 4.79 Å². The summed E-state index contributed by atoms with van der Waals surface area (Å²) in [6.07, 6.45) is 2.76.